The number of amides is 1. The van der Waals surface area contributed by atoms with Crippen molar-refractivity contribution in [1.82, 2.24) is 0 Å². The van der Waals surface area contributed by atoms with E-state index in [0.717, 1.165) is 0 Å². The lowest BCUT2D eigenvalue weighted by molar-refractivity contribution is -0.138. The van der Waals surface area contributed by atoms with Crippen LogP contribution in [0.1, 0.15) is 26.3 Å². The first-order chi connectivity index (χ1) is 9.60. The molecule has 0 spiro atoms. The first-order valence-electron chi connectivity index (χ1n) is 6.39. The molecule has 0 fully saturated rings. The maximum absolute atomic E-state index is 11.8. The van der Waals surface area contributed by atoms with E-state index in [1.165, 1.54) is 6.07 Å². The summed E-state index contributed by atoms with van der Waals surface area (Å²) in [5, 5.41) is 21.1. The van der Waals surface area contributed by atoms with E-state index >= 15 is 0 Å². The molecule has 0 aliphatic heterocycles. The maximum atomic E-state index is 11.8. The fourth-order valence-electron chi connectivity index (χ4n) is 1.63. The summed E-state index contributed by atoms with van der Waals surface area (Å²) in [6, 6.07) is 3.36. The van der Waals surface area contributed by atoms with Crippen LogP contribution in [-0.2, 0) is 16.0 Å². The van der Waals surface area contributed by atoms with E-state index < -0.39 is 23.7 Å². The maximum Gasteiger partial charge on any atom is 0.412 e. The Bertz CT molecular complexity index is 537. The van der Waals surface area contributed by atoms with Crippen molar-refractivity contribution in [3.63, 3.8) is 0 Å². The van der Waals surface area contributed by atoms with Crippen molar-refractivity contribution in [2.24, 2.45) is 5.73 Å². The molecule has 5 N–H and O–H groups in total. The Morgan fingerprint density at radius 1 is 1.38 bits per heavy atom. The number of anilines is 1. The molecule has 0 bridgehead atoms. The smallest absolute Gasteiger partial charge is 0.412 e. The fourth-order valence-corrected chi connectivity index (χ4v) is 1.63. The Morgan fingerprint density at radius 2 is 2.00 bits per heavy atom. The monoisotopic (exact) mass is 296 g/mol. The van der Waals surface area contributed by atoms with Gasteiger partial charge in [0, 0.05) is 6.42 Å². The Morgan fingerprint density at radius 3 is 2.52 bits per heavy atom. The molecule has 7 nitrogen and oxygen atoms in total. The molecule has 0 saturated heterocycles. The van der Waals surface area contributed by atoms with Crippen molar-refractivity contribution in [2.75, 3.05) is 5.32 Å². The topological polar surface area (TPSA) is 122 Å². The molecule has 0 aromatic heterocycles. The van der Waals surface area contributed by atoms with Crippen LogP contribution in [0.2, 0.25) is 0 Å². The van der Waals surface area contributed by atoms with Crippen molar-refractivity contribution in [3.05, 3.63) is 23.8 Å². The zero-order valence-electron chi connectivity index (χ0n) is 12.2. The number of nitrogens with one attached hydrogen (secondary N) is 1. The van der Waals surface area contributed by atoms with E-state index in [1.54, 1.807) is 32.9 Å². The molecule has 1 amide bonds. The first-order valence-corrected chi connectivity index (χ1v) is 6.39. The second kappa shape index (κ2) is 6.45. The van der Waals surface area contributed by atoms with Crippen LogP contribution in [0.15, 0.2) is 18.2 Å². The van der Waals surface area contributed by atoms with Crippen molar-refractivity contribution in [3.8, 4) is 5.75 Å². The van der Waals surface area contributed by atoms with Crippen molar-refractivity contribution < 1.29 is 24.5 Å². The summed E-state index contributed by atoms with van der Waals surface area (Å²) in [5.41, 5.74) is 5.30. The van der Waals surface area contributed by atoms with Gasteiger partial charge in [0.15, 0.2) is 0 Å². The zero-order valence-corrected chi connectivity index (χ0v) is 12.2. The number of rotatable bonds is 4. The number of para-hydroxylation sites is 1. The quantitative estimate of drug-likeness (QED) is 0.627. The third-order valence-corrected chi connectivity index (χ3v) is 2.51. The molecule has 21 heavy (non-hydrogen) atoms. The highest BCUT2D eigenvalue weighted by Gasteiger charge is 2.20. The summed E-state index contributed by atoms with van der Waals surface area (Å²) >= 11 is 0. The Labute approximate surface area is 122 Å². The Hall–Kier alpha value is -2.28. The molecule has 116 valence electrons. The van der Waals surface area contributed by atoms with Gasteiger partial charge in [-0.1, -0.05) is 12.1 Å². The van der Waals surface area contributed by atoms with Gasteiger partial charge in [-0.25, -0.2) is 4.79 Å². The first kappa shape index (κ1) is 16.8. The number of phenolic OH excluding ortho intramolecular Hbond substituents is 1. The van der Waals surface area contributed by atoms with Gasteiger partial charge in [0.1, 0.15) is 17.4 Å². The molecule has 0 radical (unpaired) electrons. The van der Waals surface area contributed by atoms with Crippen LogP contribution in [0.3, 0.4) is 0 Å². The number of carbonyl (C=O) groups is 2. The number of nitrogens with two attached hydrogens (primary N) is 1. The number of carboxylic acids is 1. The average molecular weight is 296 g/mol. The number of phenols is 1. The van der Waals surface area contributed by atoms with Gasteiger partial charge in [-0.05, 0) is 32.4 Å². The number of carbonyl (C=O) groups excluding carboxylic acids is 1. The lowest BCUT2D eigenvalue weighted by Crippen LogP contribution is -2.33. The molecular weight excluding hydrogens is 276 g/mol. The van der Waals surface area contributed by atoms with Crippen molar-refractivity contribution in [1.29, 1.82) is 0 Å². The third-order valence-electron chi connectivity index (χ3n) is 2.51. The summed E-state index contributed by atoms with van der Waals surface area (Å²) in [5.74, 6) is -1.35. The number of hydrogen-bond acceptors (Lipinski definition) is 5. The van der Waals surface area contributed by atoms with Crippen molar-refractivity contribution in [2.45, 2.75) is 38.8 Å². The summed E-state index contributed by atoms with van der Waals surface area (Å²) in [7, 11) is 0. The zero-order chi connectivity index (χ0) is 16.2. The van der Waals surface area contributed by atoms with E-state index in [2.05, 4.69) is 5.32 Å². The van der Waals surface area contributed by atoms with E-state index in [-0.39, 0.29) is 17.9 Å². The van der Waals surface area contributed by atoms with Gasteiger partial charge in [0.2, 0.25) is 0 Å². The molecule has 0 saturated carbocycles. The lowest BCUT2D eigenvalue weighted by atomic mass is 10.0. The van der Waals surface area contributed by atoms with E-state index in [9.17, 15) is 14.7 Å². The average Bonchev–Trinajstić information content (AvgIpc) is 2.31. The molecule has 0 aliphatic rings. The van der Waals surface area contributed by atoms with Crippen LogP contribution in [-0.4, -0.2) is 33.9 Å². The molecule has 1 unspecified atom stereocenters. The Balaban J connectivity index is 2.95. The summed E-state index contributed by atoms with van der Waals surface area (Å²) in [6.45, 7) is 5.12. The second-order valence-corrected chi connectivity index (χ2v) is 5.59. The van der Waals surface area contributed by atoms with Gasteiger partial charge in [0.05, 0.1) is 5.69 Å². The molecule has 1 rings (SSSR count). The Kier molecular flexibility index (Phi) is 5.15. The number of carboxylic acid groups (broad SMARTS) is 1. The lowest BCUT2D eigenvalue weighted by Gasteiger charge is -2.21. The minimum Gasteiger partial charge on any atom is -0.506 e. The van der Waals surface area contributed by atoms with Crippen LogP contribution in [0.5, 0.6) is 5.75 Å². The van der Waals surface area contributed by atoms with E-state index in [1.807, 2.05) is 0 Å². The van der Waals surface area contributed by atoms with Gasteiger partial charge in [-0.15, -0.1) is 0 Å². The number of aliphatic carboxylic acids is 1. The minimum absolute atomic E-state index is 0.0329. The number of benzene rings is 1. The van der Waals surface area contributed by atoms with Gasteiger partial charge in [0.25, 0.3) is 0 Å². The number of aromatic hydroxyl groups is 1. The van der Waals surface area contributed by atoms with Crippen LogP contribution in [0.4, 0.5) is 10.5 Å². The van der Waals surface area contributed by atoms with Crippen LogP contribution in [0.25, 0.3) is 0 Å². The van der Waals surface area contributed by atoms with Crippen LogP contribution < -0.4 is 11.1 Å². The number of hydrogen-bond donors (Lipinski definition) is 4. The summed E-state index contributed by atoms with van der Waals surface area (Å²) in [4.78, 5) is 22.6. The van der Waals surface area contributed by atoms with E-state index in [4.69, 9.17) is 15.6 Å². The van der Waals surface area contributed by atoms with Gasteiger partial charge in [-0.3, -0.25) is 10.1 Å². The highest BCUT2D eigenvalue weighted by atomic mass is 16.6. The van der Waals surface area contributed by atoms with Crippen LogP contribution >= 0.6 is 0 Å². The standard InChI is InChI=1S/C14H20N2O5/c1-14(2,3)21-13(20)16-11-8(5-4-6-10(11)17)7-9(15)12(18)19/h4-6,9,17H,7,15H2,1-3H3,(H,16,20)(H,18,19). The largest absolute Gasteiger partial charge is 0.506 e. The van der Waals surface area contributed by atoms with Crippen molar-refractivity contribution >= 4 is 17.7 Å². The van der Waals surface area contributed by atoms with Gasteiger partial charge >= 0.3 is 12.1 Å². The fraction of sp³-hybridized carbons (Fsp3) is 0.429. The molecule has 1 aromatic rings. The molecule has 1 aromatic carbocycles. The summed E-state index contributed by atoms with van der Waals surface area (Å²) < 4.78 is 5.10. The second-order valence-electron chi connectivity index (χ2n) is 5.59. The van der Waals surface area contributed by atoms with Gasteiger partial charge < -0.3 is 20.7 Å². The predicted molar refractivity (Wildman–Crippen MR) is 77.3 cm³/mol. The van der Waals surface area contributed by atoms with Crippen LogP contribution in [0, 0.1) is 0 Å². The molecule has 0 heterocycles. The third kappa shape index (κ3) is 5.31. The van der Waals surface area contributed by atoms with E-state index in [0.29, 0.717) is 5.56 Å². The highest BCUT2D eigenvalue weighted by Crippen LogP contribution is 2.28. The molecule has 7 heteroatoms. The minimum atomic E-state index is -1.17. The predicted octanol–water partition coefficient (Wildman–Crippen LogP) is 1.69. The number of ether oxygens (including phenoxy) is 1. The SMILES string of the molecule is CC(C)(C)OC(=O)Nc1c(O)cccc1CC(N)C(=O)O. The molecule has 1 atom stereocenters. The molecule has 0 aliphatic carbocycles. The summed E-state index contributed by atoms with van der Waals surface area (Å²) in [6.07, 6.45) is -0.774. The van der Waals surface area contributed by atoms with Gasteiger partial charge in [-0.2, -0.15) is 0 Å². The highest BCUT2D eigenvalue weighted by molar-refractivity contribution is 5.88. The molecular formula is C14H20N2O5. The normalized spacial score (nSPS) is 12.6.